The van der Waals surface area contributed by atoms with Crippen molar-refractivity contribution in [2.75, 3.05) is 5.32 Å². The molecule has 1 aromatic rings. The van der Waals surface area contributed by atoms with E-state index in [1.807, 2.05) is 13.8 Å². The minimum atomic E-state index is -0.541. The normalized spacial score (nSPS) is 14.2. The maximum Gasteiger partial charge on any atom is 0.296 e. The Hall–Kier alpha value is -1.16. The van der Waals surface area contributed by atoms with Crippen molar-refractivity contribution in [1.29, 1.82) is 0 Å². The number of hydrogen-bond donors (Lipinski definition) is 1. The van der Waals surface area contributed by atoms with Gasteiger partial charge in [0, 0.05) is 4.47 Å². The van der Waals surface area contributed by atoms with E-state index in [1.165, 1.54) is 0 Å². The van der Waals surface area contributed by atoms with Crippen molar-refractivity contribution in [2.45, 2.75) is 13.8 Å². The monoisotopic (exact) mass is 253 g/mol. The highest BCUT2D eigenvalue weighted by atomic mass is 79.9. The van der Waals surface area contributed by atoms with Gasteiger partial charge in [-0.15, -0.1) is 0 Å². The summed E-state index contributed by atoms with van der Waals surface area (Å²) in [6.07, 6.45) is 0. The predicted molar refractivity (Wildman–Crippen MR) is 56.6 cm³/mol. The molecule has 1 aromatic carbocycles. The lowest BCUT2D eigenvalue weighted by Crippen LogP contribution is -2.12. The number of fused-ring (bicyclic) bond motifs is 1. The average Bonchev–Trinajstić information content (AvgIpc) is 2.39. The summed E-state index contributed by atoms with van der Waals surface area (Å²) in [4.78, 5) is 22.6. The molecule has 3 nitrogen and oxygen atoms in total. The fraction of sp³-hybridized carbons (Fsp3) is 0.200. The lowest BCUT2D eigenvalue weighted by Gasteiger charge is -2.06. The van der Waals surface area contributed by atoms with Gasteiger partial charge in [0.2, 0.25) is 0 Å². The van der Waals surface area contributed by atoms with Gasteiger partial charge in [0.15, 0.2) is 0 Å². The number of halogens is 1. The van der Waals surface area contributed by atoms with E-state index in [4.69, 9.17) is 0 Å². The van der Waals surface area contributed by atoms with Crippen molar-refractivity contribution < 1.29 is 9.59 Å². The summed E-state index contributed by atoms with van der Waals surface area (Å²) in [5.74, 6) is -0.987. The van der Waals surface area contributed by atoms with Crippen molar-refractivity contribution in [2.24, 2.45) is 0 Å². The second kappa shape index (κ2) is 2.92. The summed E-state index contributed by atoms with van der Waals surface area (Å²) < 4.78 is 0.890. The highest BCUT2D eigenvalue weighted by Crippen LogP contribution is 2.33. The number of amides is 1. The molecule has 1 heterocycles. The first-order chi connectivity index (χ1) is 6.52. The van der Waals surface area contributed by atoms with Gasteiger partial charge in [-0.2, -0.15) is 0 Å². The van der Waals surface area contributed by atoms with Crippen molar-refractivity contribution >= 4 is 33.3 Å². The topological polar surface area (TPSA) is 46.2 Å². The Labute approximate surface area is 89.6 Å². The van der Waals surface area contributed by atoms with Crippen LogP contribution in [0.2, 0.25) is 0 Å². The molecule has 1 amide bonds. The van der Waals surface area contributed by atoms with Gasteiger partial charge in [-0.25, -0.2) is 0 Å². The molecule has 2 rings (SSSR count). The standard InChI is InChI=1S/C10H8BrNO2/c1-4-3-6-7(5(2)8(4)11)9(13)10(14)12-6/h3H,1-2H3,(H,12,13,14). The van der Waals surface area contributed by atoms with Crippen LogP contribution in [-0.2, 0) is 4.79 Å². The second-order valence-electron chi connectivity index (χ2n) is 3.34. The molecular weight excluding hydrogens is 246 g/mol. The number of carbonyl (C=O) groups is 2. The van der Waals surface area contributed by atoms with E-state index < -0.39 is 11.7 Å². The van der Waals surface area contributed by atoms with E-state index in [-0.39, 0.29) is 0 Å². The lowest BCUT2D eigenvalue weighted by atomic mass is 10.0. The fourth-order valence-corrected chi connectivity index (χ4v) is 1.96. The van der Waals surface area contributed by atoms with Gasteiger partial charge in [0.05, 0.1) is 11.3 Å². The minimum absolute atomic E-state index is 0.446. The molecule has 0 atom stereocenters. The predicted octanol–water partition coefficient (Wildman–Crippen LogP) is 2.20. The molecule has 1 N–H and O–H groups in total. The van der Waals surface area contributed by atoms with Crippen LogP contribution >= 0.6 is 15.9 Å². The Kier molecular flexibility index (Phi) is 1.96. The number of aryl methyl sites for hydroxylation is 1. The smallest absolute Gasteiger partial charge is 0.296 e. The highest BCUT2D eigenvalue weighted by molar-refractivity contribution is 9.10. The van der Waals surface area contributed by atoms with Crippen molar-refractivity contribution in [1.82, 2.24) is 0 Å². The number of rotatable bonds is 0. The molecule has 0 bridgehead atoms. The summed E-state index contributed by atoms with van der Waals surface area (Å²) in [7, 11) is 0. The second-order valence-corrected chi connectivity index (χ2v) is 4.13. The van der Waals surface area contributed by atoms with Crippen molar-refractivity contribution in [3.8, 4) is 0 Å². The van der Waals surface area contributed by atoms with Gasteiger partial charge in [-0.3, -0.25) is 9.59 Å². The molecular formula is C10H8BrNO2. The number of benzene rings is 1. The van der Waals surface area contributed by atoms with E-state index in [0.29, 0.717) is 11.3 Å². The number of ketones is 1. The molecule has 0 saturated heterocycles. The van der Waals surface area contributed by atoms with Crippen LogP contribution in [0.25, 0.3) is 0 Å². The van der Waals surface area contributed by atoms with E-state index in [2.05, 4.69) is 21.2 Å². The molecule has 0 spiro atoms. The third-order valence-corrected chi connectivity index (χ3v) is 3.58. The number of hydrogen-bond acceptors (Lipinski definition) is 2. The number of carbonyl (C=O) groups excluding carboxylic acids is 2. The van der Waals surface area contributed by atoms with E-state index in [9.17, 15) is 9.59 Å². The van der Waals surface area contributed by atoms with Crippen LogP contribution in [-0.4, -0.2) is 11.7 Å². The van der Waals surface area contributed by atoms with Gasteiger partial charge in [-0.1, -0.05) is 15.9 Å². The Bertz CT molecular complexity index is 466. The van der Waals surface area contributed by atoms with Gasteiger partial charge in [0.1, 0.15) is 0 Å². The Morgan fingerprint density at radius 3 is 2.57 bits per heavy atom. The van der Waals surface area contributed by atoms with Crippen LogP contribution in [0.1, 0.15) is 21.5 Å². The summed E-state index contributed by atoms with van der Waals surface area (Å²) in [6.45, 7) is 3.75. The number of nitrogens with one attached hydrogen (secondary N) is 1. The lowest BCUT2D eigenvalue weighted by molar-refractivity contribution is -0.112. The van der Waals surface area contributed by atoms with E-state index >= 15 is 0 Å². The van der Waals surface area contributed by atoms with Crippen LogP contribution in [0, 0.1) is 13.8 Å². The Balaban J connectivity index is 2.77. The summed E-state index contributed by atoms with van der Waals surface area (Å²) in [5, 5.41) is 2.55. The molecule has 72 valence electrons. The Morgan fingerprint density at radius 2 is 1.93 bits per heavy atom. The zero-order valence-electron chi connectivity index (χ0n) is 7.77. The molecule has 4 heteroatoms. The molecule has 0 unspecified atom stereocenters. The van der Waals surface area contributed by atoms with Crippen LogP contribution in [0.4, 0.5) is 5.69 Å². The highest BCUT2D eigenvalue weighted by Gasteiger charge is 2.30. The molecule has 14 heavy (non-hydrogen) atoms. The van der Waals surface area contributed by atoms with Gasteiger partial charge >= 0.3 is 0 Å². The maximum absolute atomic E-state index is 11.4. The molecule has 1 aliphatic rings. The first-order valence-electron chi connectivity index (χ1n) is 4.17. The third kappa shape index (κ3) is 1.10. The zero-order chi connectivity index (χ0) is 10.5. The van der Waals surface area contributed by atoms with Gasteiger partial charge in [-0.05, 0) is 31.0 Å². The molecule has 0 fully saturated rings. The van der Waals surface area contributed by atoms with Crippen LogP contribution < -0.4 is 5.32 Å². The van der Waals surface area contributed by atoms with Crippen molar-refractivity contribution in [3.05, 3.63) is 27.2 Å². The summed E-state index contributed by atoms with van der Waals surface area (Å²) in [5.41, 5.74) is 2.95. The summed E-state index contributed by atoms with van der Waals surface area (Å²) >= 11 is 3.39. The van der Waals surface area contributed by atoms with E-state index in [0.717, 1.165) is 15.6 Å². The minimum Gasteiger partial charge on any atom is -0.318 e. The first-order valence-corrected chi connectivity index (χ1v) is 4.97. The van der Waals surface area contributed by atoms with Crippen molar-refractivity contribution in [3.63, 3.8) is 0 Å². The van der Waals surface area contributed by atoms with E-state index in [1.54, 1.807) is 6.07 Å². The molecule has 0 aromatic heterocycles. The summed E-state index contributed by atoms with van der Waals surface area (Å²) in [6, 6.07) is 1.80. The molecule has 1 aliphatic heterocycles. The van der Waals surface area contributed by atoms with Crippen LogP contribution in [0.15, 0.2) is 10.5 Å². The molecule has 0 radical (unpaired) electrons. The number of anilines is 1. The zero-order valence-corrected chi connectivity index (χ0v) is 9.36. The molecule has 0 saturated carbocycles. The van der Waals surface area contributed by atoms with Gasteiger partial charge in [0.25, 0.3) is 11.7 Å². The SMILES string of the molecule is Cc1cc2c(c(C)c1Br)C(=O)C(=O)N2. The average molecular weight is 254 g/mol. The number of Topliss-reactive ketones (excluding diaryl/α,β-unsaturated/α-hetero) is 1. The van der Waals surface area contributed by atoms with Gasteiger partial charge < -0.3 is 5.32 Å². The third-order valence-electron chi connectivity index (χ3n) is 2.36. The van der Waals surface area contributed by atoms with Crippen LogP contribution in [0.3, 0.4) is 0 Å². The largest absolute Gasteiger partial charge is 0.318 e. The van der Waals surface area contributed by atoms with Crippen LogP contribution in [0.5, 0.6) is 0 Å². The Morgan fingerprint density at radius 1 is 1.29 bits per heavy atom. The molecule has 0 aliphatic carbocycles. The quantitative estimate of drug-likeness (QED) is 0.721. The first kappa shape index (κ1) is 9.40. The fourth-order valence-electron chi connectivity index (χ4n) is 1.64. The maximum atomic E-state index is 11.4.